The van der Waals surface area contributed by atoms with Crippen LogP contribution in [0.1, 0.15) is 43.8 Å². The first-order valence-corrected chi connectivity index (χ1v) is 11.1. The van der Waals surface area contributed by atoms with Gasteiger partial charge in [0.2, 0.25) is 12.1 Å². The number of oxime groups is 1. The number of tetrazole rings is 1. The van der Waals surface area contributed by atoms with Gasteiger partial charge in [-0.25, -0.2) is 9.67 Å². The van der Waals surface area contributed by atoms with E-state index >= 15 is 0 Å². The number of pyridine rings is 1. The average molecular weight is 468 g/mol. The molecule has 0 radical (unpaired) electrons. The molecule has 0 bridgehead atoms. The third-order valence-electron chi connectivity index (χ3n) is 4.47. The first-order valence-electron chi connectivity index (χ1n) is 11.1. The second-order valence-corrected chi connectivity index (χ2v) is 7.28. The van der Waals surface area contributed by atoms with Crippen molar-refractivity contribution in [2.24, 2.45) is 12.2 Å². The van der Waals surface area contributed by atoms with E-state index in [0.717, 1.165) is 18.4 Å². The maximum Gasteiger partial charge on any atom is 0.282 e. The number of hydrogen-bond acceptors (Lipinski definition) is 9. The number of nitrogens with zero attached hydrogens (tertiary/aromatic N) is 6. The summed E-state index contributed by atoms with van der Waals surface area (Å²) in [4.78, 5) is 22.6. The second-order valence-electron chi connectivity index (χ2n) is 7.28. The molecule has 0 spiro atoms. The van der Waals surface area contributed by atoms with Crippen molar-refractivity contribution < 1.29 is 19.1 Å². The van der Waals surface area contributed by atoms with Crippen LogP contribution in [-0.4, -0.2) is 56.3 Å². The molecule has 1 N–H and O–H groups in total. The molecule has 0 aliphatic carbocycles. The lowest BCUT2D eigenvalue weighted by Crippen LogP contribution is -2.34. The summed E-state index contributed by atoms with van der Waals surface area (Å²) < 4.78 is 12.5. The van der Waals surface area contributed by atoms with Gasteiger partial charge in [-0.15, -0.1) is 5.10 Å². The van der Waals surface area contributed by atoms with Gasteiger partial charge in [-0.3, -0.25) is 4.79 Å². The zero-order chi connectivity index (χ0) is 24.2. The molecule has 2 heterocycles. The topological polar surface area (TPSA) is 126 Å². The molecule has 34 heavy (non-hydrogen) atoms. The summed E-state index contributed by atoms with van der Waals surface area (Å²) in [5.41, 5.74) is 1.87. The van der Waals surface area contributed by atoms with Crippen molar-refractivity contribution in [1.82, 2.24) is 25.2 Å². The van der Waals surface area contributed by atoms with Crippen molar-refractivity contribution in [3.63, 3.8) is 0 Å². The van der Waals surface area contributed by atoms with E-state index in [1.165, 1.54) is 4.68 Å². The van der Waals surface area contributed by atoms with Gasteiger partial charge in [-0.1, -0.05) is 55.4 Å². The summed E-state index contributed by atoms with van der Waals surface area (Å²) in [5, 5.41) is 18.6. The number of aryl methyl sites for hydroxylation is 1. The van der Waals surface area contributed by atoms with E-state index < -0.39 is 12.2 Å². The SMILES string of the molecule is CCCOC(OCCC)C(=O)Nc1cccc(CO/N=C(/c2ccccc2)c2nnnn2C)n1. The minimum atomic E-state index is -0.986. The first kappa shape index (κ1) is 24.9. The van der Waals surface area contributed by atoms with Gasteiger partial charge in [0, 0.05) is 12.6 Å². The van der Waals surface area contributed by atoms with Crippen molar-refractivity contribution in [2.75, 3.05) is 18.5 Å². The van der Waals surface area contributed by atoms with E-state index in [0.29, 0.717) is 36.3 Å². The molecule has 1 amide bonds. The highest BCUT2D eigenvalue weighted by molar-refractivity contribution is 6.10. The van der Waals surface area contributed by atoms with E-state index in [1.54, 1.807) is 25.2 Å². The molecule has 0 saturated heterocycles. The summed E-state index contributed by atoms with van der Waals surface area (Å²) in [6, 6.07) is 14.7. The van der Waals surface area contributed by atoms with Crippen LogP contribution in [0.25, 0.3) is 0 Å². The number of aromatic nitrogens is 5. The fourth-order valence-electron chi connectivity index (χ4n) is 2.88. The van der Waals surface area contributed by atoms with Crippen molar-refractivity contribution in [3.8, 4) is 0 Å². The standard InChI is InChI=1S/C23H29N7O4/c1-4-14-32-23(33-15-5-2)22(31)25-19-13-9-12-18(24-19)16-34-27-20(17-10-7-6-8-11-17)21-26-28-29-30(21)3/h6-13,23H,4-5,14-16H2,1-3H3,(H,24,25,31)/b27-20-. The van der Waals surface area contributed by atoms with Crippen LogP contribution < -0.4 is 5.32 Å². The zero-order valence-corrected chi connectivity index (χ0v) is 19.5. The Kier molecular flexibility index (Phi) is 9.62. The Hall–Kier alpha value is -3.70. The predicted molar refractivity (Wildman–Crippen MR) is 125 cm³/mol. The molecular weight excluding hydrogens is 438 g/mol. The fraction of sp³-hybridized carbons (Fsp3) is 0.391. The van der Waals surface area contributed by atoms with E-state index in [1.807, 2.05) is 44.2 Å². The van der Waals surface area contributed by atoms with Crippen LogP contribution in [0.3, 0.4) is 0 Å². The molecule has 11 nitrogen and oxygen atoms in total. The Labute approximate surface area is 198 Å². The Balaban J connectivity index is 1.68. The number of amides is 1. The molecule has 0 fully saturated rings. The third-order valence-corrected chi connectivity index (χ3v) is 4.47. The molecular formula is C23H29N7O4. The molecule has 0 aliphatic heterocycles. The quantitative estimate of drug-likeness (QED) is 0.231. The molecule has 0 aliphatic rings. The average Bonchev–Trinajstić information content (AvgIpc) is 3.28. The summed E-state index contributed by atoms with van der Waals surface area (Å²) in [6.07, 6.45) is 0.570. The molecule has 180 valence electrons. The molecule has 3 rings (SSSR count). The molecule has 2 aromatic heterocycles. The molecule has 3 aromatic rings. The predicted octanol–water partition coefficient (Wildman–Crippen LogP) is 2.69. The Morgan fingerprint density at radius 3 is 2.44 bits per heavy atom. The van der Waals surface area contributed by atoms with Crippen LogP contribution in [0, 0.1) is 0 Å². The van der Waals surface area contributed by atoms with Gasteiger partial charge in [-0.05, 0) is 35.4 Å². The van der Waals surface area contributed by atoms with Crippen molar-refractivity contribution in [3.05, 3.63) is 65.6 Å². The molecule has 11 heteroatoms. The van der Waals surface area contributed by atoms with Crippen LogP contribution in [0.5, 0.6) is 0 Å². The van der Waals surface area contributed by atoms with Gasteiger partial charge < -0.3 is 19.6 Å². The van der Waals surface area contributed by atoms with Gasteiger partial charge in [-0.2, -0.15) is 0 Å². The summed E-state index contributed by atoms with van der Waals surface area (Å²) >= 11 is 0. The van der Waals surface area contributed by atoms with Crippen molar-refractivity contribution in [2.45, 2.75) is 39.6 Å². The van der Waals surface area contributed by atoms with Crippen molar-refractivity contribution >= 4 is 17.4 Å². The minimum absolute atomic E-state index is 0.0768. The van der Waals surface area contributed by atoms with Crippen LogP contribution in [-0.2, 0) is 32.8 Å². The summed E-state index contributed by atoms with van der Waals surface area (Å²) in [6.45, 7) is 4.85. The Morgan fingerprint density at radius 1 is 1.06 bits per heavy atom. The van der Waals surface area contributed by atoms with Gasteiger partial charge >= 0.3 is 0 Å². The monoisotopic (exact) mass is 467 g/mol. The Bertz CT molecular complexity index is 1060. The third kappa shape index (κ3) is 7.15. The molecule has 0 unspecified atom stereocenters. The second kappa shape index (κ2) is 13.1. The number of carbonyl (C=O) groups excluding carboxylic acids is 1. The number of hydrogen-bond donors (Lipinski definition) is 1. The van der Waals surface area contributed by atoms with Gasteiger partial charge in [0.25, 0.3) is 5.91 Å². The maximum atomic E-state index is 12.6. The smallest absolute Gasteiger partial charge is 0.282 e. The van der Waals surface area contributed by atoms with Crippen molar-refractivity contribution in [1.29, 1.82) is 0 Å². The minimum Gasteiger partial charge on any atom is -0.389 e. The molecule has 0 saturated carbocycles. The highest BCUT2D eigenvalue weighted by Gasteiger charge is 2.20. The Morgan fingerprint density at radius 2 is 1.79 bits per heavy atom. The number of benzene rings is 1. The normalized spacial score (nSPS) is 11.6. The summed E-state index contributed by atoms with van der Waals surface area (Å²) in [7, 11) is 1.73. The van der Waals surface area contributed by atoms with Crippen LogP contribution in [0.2, 0.25) is 0 Å². The fourth-order valence-corrected chi connectivity index (χ4v) is 2.88. The highest BCUT2D eigenvalue weighted by atomic mass is 16.7. The van der Waals surface area contributed by atoms with Crippen LogP contribution >= 0.6 is 0 Å². The number of nitrogens with one attached hydrogen (secondary N) is 1. The van der Waals surface area contributed by atoms with E-state index in [-0.39, 0.29) is 6.61 Å². The summed E-state index contributed by atoms with van der Waals surface area (Å²) in [5.74, 6) is 0.415. The maximum absolute atomic E-state index is 12.6. The largest absolute Gasteiger partial charge is 0.389 e. The highest BCUT2D eigenvalue weighted by Crippen LogP contribution is 2.11. The van der Waals surface area contributed by atoms with E-state index in [9.17, 15) is 4.79 Å². The van der Waals surface area contributed by atoms with Gasteiger partial charge in [0.15, 0.2) is 12.3 Å². The number of carbonyl (C=O) groups is 1. The van der Waals surface area contributed by atoms with E-state index in [4.69, 9.17) is 14.3 Å². The number of ether oxygens (including phenoxy) is 2. The van der Waals surface area contributed by atoms with E-state index in [2.05, 4.69) is 31.0 Å². The lowest BCUT2D eigenvalue weighted by atomic mass is 10.1. The first-order chi connectivity index (χ1) is 16.6. The molecule has 1 aromatic carbocycles. The number of anilines is 1. The molecule has 0 atom stereocenters. The van der Waals surface area contributed by atoms with Crippen LogP contribution in [0.4, 0.5) is 5.82 Å². The van der Waals surface area contributed by atoms with Gasteiger partial charge in [0.1, 0.15) is 5.82 Å². The lowest BCUT2D eigenvalue weighted by Gasteiger charge is -2.17. The van der Waals surface area contributed by atoms with Gasteiger partial charge in [0.05, 0.1) is 18.9 Å². The zero-order valence-electron chi connectivity index (χ0n) is 19.5. The lowest BCUT2D eigenvalue weighted by molar-refractivity contribution is -0.167. The number of rotatable bonds is 13. The van der Waals surface area contributed by atoms with Crippen LogP contribution in [0.15, 0.2) is 53.7 Å².